The minimum absolute atomic E-state index is 0.00803. The van der Waals surface area contributed by atoms with Gasteiger partial charge in [0.15, 0.2) is 0 Å². The lowest BCUT2D eigenvalue weighted by Gasteiger charge is -2.30. The average molecular weight is 303 g/mol. The van der Waals surface area contributed by atoms with E-state index < -0.39 is 0 Å². The molecule has 0 bridgehead atoms. The van der Waals surface area contributed by atoms with Crippen LogP contribution in [0.3, 0.4) is 0 Å². The van der Waals surface area contributed by atoms with Crippen molar-refractivity contribution in [2.75, 3.05) is 20.6 Å². The first kappa shape index (κ1) is 16.5. The molecule has 22 heavy (non-hydrogen) atoms. The summed E-state index contributed by atoms with van der Waals surface area (Å²) >= 11 is 0. The molecule has 1 aromatic rings. The summed E-state index contributed by atoms with van der Waals surface area (Å²) in [5.74, 6) is -0.390. The highest BCUT2D eigenvalue weighted by Crippen LogP contribution is 2.26. The lowest BCUT2D eigenvalue weighted by Crippen LogP contribution is -2.48. The van der Waals surface area contributed by atoms with Gasteiger partial charge in [0.1, 0.15) is 6.04 Å². The van der Waals surface area contributed by atoms with Crippen LogP contribution in [-0.2, 0) is 9.59 Å². The van der Waals surface area contributed by atoms with Gasteiger partial charge in [-0.15, -0.1) is 0 Å². The summed E-state index contributed by atoms with van der Waals surface area (Å²) in [5.41, 5.74) is 7.19. The number of nitrogens with two attached hydrogens (primary N) is 1. The fourth-order valence-corrected chi connectivity index (χ4v) is 2.96. The first-order valence-corrected chi connectivity index (χ1v) is 7.75. The van der Waals surface area contributed by atoms with Crippen molar-refractivity contribution in [1.82, 2.24) is 9.80 Å². The maximum absolute atomic E-state index is 12.8. The van der Waals surface area contributed by atoms with Gasteiger partial charge in [0.25, 0.3) is 0 Å². The molecular formula is C17H25N3O2. The van der Waals surface area contributed by atoms with Crippen LogP contribution in [0.5, 0.6) is 0 Å². The topological polar surface area (TPSA) is 66.6 Å². The lowest BCUT2D eigenvalue weighted by molar-refractivity contribution is -0.144. The predicted molar refractivity (Wildman–Crippen MR) is 86.0 cm³/mol. The van der Waals surface area contributed by atoms with E-state index in [0.29, 0.717) is 6.54 Å². The Balaban J connectivity index is 2.11. The molecule has 1 saturated heterocycles. The molecule has 3 atom stereocenters. The number of likely N-dealkylation sites (N-methyl/N-ethyl adjacent to an activating group) is 1. The number of likely N-dealkylation sites (tertiary alicyclic amines) is 1. The second-order valence-corrected chi connectivity index (χ2v) is 6.15. The largest absolute Gasteiger partial charge is 0.347 e. The Morgan fingerprint density at radius 1 is 1.27 bits per heavy atom. The predicted octanol–water partition coefficient (Wildman–Crippen LogP) is 1.40. The van der Waals surface area contributed by atoms with E-state index in [0.717, 1.165) is 18.4 Å². The van der Waals surface area contributed by atoms with Crippen molar-refractivity contribution in [3.05, 3.63) is 35.9 Å². The molecule has 0 aliphatic carbocycles. The van der Waals surface area contributed by atoms with Crippen molar-refractivity contribution >= 4 is 11.8 Å². The molecule has 0 spiro atoms. The van der Waals surface area contributed by atoms with Gasteiger partial charge in [-0.2, -0.15) is 0 Å². The standard InChI is InChI=1S/C17H25N3O2/c1-12(15(18)13-8-5-4-6-9-13)16(21)20-11-7-10-14(20)17(22)19(2)3/h4-6,8-9,12,14-15H,7,10-11,18H2,1-3H3. The molecule has 1 fully saturated rings. The van der Waals surface area contributed by atoms with Crippen molar-refractivity contribution < 1.29 is 9.59 Å². The highest BCUT2D eigenvalue weighted by Gasteiger charge is 2.38. The molecule has 1 heterocycles. The van der Waals surface area contributed by atoms with Gasteiger partial charge in [0.2, 0.25) is 11.8 Å². The Morgan fingerprint density at radius 3 is 2.50 bits per heavy atom. The van der Waals surface area contributed by atoms with Crippen molar-refractivity contribution in [3.63, 3.8) is 0 Å². The van der Waals surface area contributed by atoms with Crippen LogP contribution in [0.25, 0.3) is 0 Å². The van der Waals surface area contributed by atoms with Crippen LogP contribution < -0.4 is 5.73 Å². The average Bonchev–Trinajstić information content (AvgIpc) is 3.02. The quantitative estimate of drug-likeness (QED) is 0.914. The maximum atomic E-state index is 12.8. The van der Waals surface area contributed by atoms with Crippen molar-refractivity contribution in [2.45, 2.75) is 31.8 Å². The van der Waals surface area contributed by atoms with E-state index in [-0.39, 0.29) is 29.8 Å². The Kier molecular flexibility index (Phi) is 5.19. The molecule has 0 aromatic heterocycles. The van der Waals surface area contributed by atoms with Crippen LogP contribution in [0.15, 0.2) is 30.3 Å². The third kappa shape index (κ3) is 3.30. The summed E-state index contributed by atoms with van der Waals surface area (Å²) in [6.07, 6.45) is 1.60. The monoisotopic (exact) mass is 303 g/mol. The van der Waals surface area contributed by atoms with Crippen LogP contribution >= 0.6 is 0 Å². The Morgan fingerprint density at radius 2 is 1.91 bits per heavy atom. The number of amides is 2. The molecule has 5 heteroatoms. The Hall–Kier alpha value is -1.88. The smallest absolute Gasteiger partial charge is 0.244 e. The van der Waals surface area contributed by atoms with Crippen molar-refractivity contribution in [2.24, 2.45) is 11.7 Å². The normalized spacial score (nSPS) is 20.5. The summed E-state index contributed by atoms with van der Waals surface area (Å²) in [6, 6.07) is 8.93. The van der Waals surface area contributed by atoms with Gasteiger partial charge in [-0.25, -0.2) is 0 Å². The van der Waals surface area contributed by atoms with E-state index in [1.165, 1.54) is 0 Å². The van der Waals surface area contributed by atoms with E-state index in [4.69, 9.17) is 5.73 Å². The molecule has 5 nitrogen and oxygen atoms in total. The SMILES string of the molecule is CC(C(=O)N1CCCC1C(=O)N(C)C)C(N)c1ccccc1. The lowest BCUT2D eigenvalue weighted by atomic mass is 9.94. The molecular weight excluding hydrogens is 278 g/mol. The highest BCUT2D eigenvalue weighted by atomic mass is 16.2. The number of benzene rings is 1. The van der Waals surface area contributed by atoms with Gasteiger partial charge in [0, 0.05) is 26.7 Å². The number of nitrogens with zero attached hydrogens (tertiary/aromatic N) is 2. The van der Waals surface area contributed by atoms with Crippen molar-refractivity contribution in [1.29, 1.82) is 0 Å². The summed E-state index contributed by atoms with van der Waals surface area (Å²) in [5, 5.41) is 0. The van der Waals surface area contributed by atoms with E-state index in [2.05, 4.69) is 0 Å². The molecule has 1 aliphatic rings. The Bertz CT molecular complexity index is 530. The fraction of sp³-hybridized carbons (Fsp3) is 0.529. The van der Waals surface area contributed by atoms with E-state index >= 15 is 0 Å². The van der Waals surface area contributed by atoms with Gasteiger partial charge < -0.3 is 15.5 Å². The zero-order chi connectivity index (χ0) is 16.3. The van der Waals surface area contributed by atoms with Gasteiger partial charge in [-0.3, -0.25) is 9.59 Å². The molecule has 2 rings (SSSR count). The van der Waals surface area contributed by atoms with Gasteiger partial charge in [-0.1, -0.05) is 37.3 Å². The van der Waals surface area contributed by atoms with Crippen molar-refractivity contribution in [3.8, 4) is 0 Å². The highest BCUT2D eigenvalue weighted by molar-refractivity contribution is 5.89. The molecule has 2 amide bonds. The minimum Gasteiger partial charge on any atom is -0.347 e. The zero-order valence-corrected chi connectivity index (χ0v) is 13.5. The molecule has 3 unspecified atom stereocenters. The van der Waals surface area contributed by atoms with Gasteiger partial charge in [-0.05, 0) is 18.4 Å². The first-order valence-electron chi connectivity index (χ1n) is 7.75. The Labute approximate surface area is 132 Å². The van der Waals surface area contributed by atoms with E-state index in [1.807, 2.05) is 37.3 Å². The summed E-state index contributed by atoms with van der Waals surface area (Å²) in [6.45, 7) is 2.48. The van der Waals surface area contributed by atoms with E-state index in [9.17, 15) is 9.59 Å². The number of hydrogen-bond acceptors (Lipinski definition) is 3. The molecule has 0 saturated carbocycles. The molecule has 2 N–H and O–H groups in total. The van der Waals surface area contributed by atoms with Crippen LogP contribution in [-0.4, -0.2) is 48.3 Å². The number of carbonyl (C=O) groups is 2. The summed E-state index contributed by atoms with van der Waals surface area (Å²) in [7, 11) is 3.45. The maximum Gasteiger partial charge on any atom is 0.244 e. The number of carbonyl (C=O) groups excluding carboxylic acids is 2. The molecule has 1 aliphatic heterocycles. The second-order valence-electron chi connectivity index (χ2n) is 6.15. The molecule has 0 radical (unpaired) electrons. The minimum atomic E-state index is -0.357. The fourth-order valence-electron chi connectivity index (χ4n) is 2.96. The zero-order valence-electron chi connectivity index (χ0n) is 13.5. The van der Waals surface area contributed by atoms with Crippen LogP contribution in [0.2, 0.25) is 0 Å². The third-order valence-corrected chi connectivity index (χ3v) is 4.37. The summed E-state index contributed by atoms with van der Waals surface area (Å²) < 4.78 is 0. The third-order valence-electron chi connectivity index (χ3n) is 4.37. The summed E-state index contributed by atoms with van der Waals surface area (Å²) in [4.78, 5) is 28.3. The number of hydrogen-bond donors (Lipinski definition) is 1. The van der Waals surface area contributed by atoms with E-state index in [1.54, 1.807) is 23.9 Å². The van der Waals surface area contributed by atoms with Crippen LogP contribution in [0, 0.1) is 5.92 Å². The molecule has 120 valence electrons. The van der Waals surface area contributed by atoms with Crippen LogP contribution in [0.4, 0.5) is 0 Å². The molecule has 1 aromatic carbocycles. The van der Waals surface area contributed by atoms with Gasteiger partial charge >= 0.3 is 0 Å². The second kappa shape index (κ2) is 6.92. The van der Waals surface area contributed by atoms with Crippen LogP contribution in [0.1, 0.15) is 31.4 Å². The van der Waals surface area contributed by atoms with Gasteiger partial charge in [0.05, 0.1) is 5.92 Å². The first-order chi connectivity index (χ1) is 10.4. The number of rotatable bonds is 4.